The Bertz CT molecular complexity index is 509. The van der Waals surface area contributed by atoms with Crippen LogP contribution in [0.1, 0.15) is 21.7 Å². The fourth-order valence-corrected chi connectivity index (χ4v) is 1.60. The van der Waals surface area contributed by atoms with Gasteiger partial charge < -0.3 is 4.74 Å². The molecular weight excluding hydrogens is 214 g/mol. The Kier molecular flexibility index (Phi) is 3.50. The molecule has 0 N–H and O–H groups in total. The fraction of sp³-hybridized carbons (Fsp3) is 0.143. The Hall–Kier alpha value is -2.16. The lowest BCUT2D eigenvalue weighted by atomic mass is 10.1. The van der Waals surface area contributed by atoms with E-state index in [1.165, 1.54) is 12.7 Å². The number of methoxy groups -OCH3 is 1. The molecule has 0 saturated heterocycles. The summed E-state index contributed by atoms with van der Waals surface area (Å²) >= 11 is 0. The molecule has 1 aromatic carbocycles. The molecule has 0 radical (unpaired) electrons. The molecule has 0 atom stereocenters. The van der Waals surface area contributed by atoms with E-state index in [4.69, 9.17) is 0 Å². The van der Waals surface area contributed by atoms with Gasteiger partial charge in [0.15, 0.2) is 0 Å². The van der Waals surface area contributed by atoms with Crippen LogP contribution in [0.25, 0.3) is 0 Å². The van der Waals surface area contributed by atoms with Gasteiger partial charge in [0.25, 0.3) is 0 Å². The van der Waals surface area contributed by atoms with Crippen LogP contribution in [0.3, 0.4) is 0 Å². The van der Waals surface area contributed by atoms with Crippen LogP contribution >= 0.6 is 0 Å². The van der Waals surface area contributed by atoms with Crippen molar-refractivity contribution in [2.75, 3.05) is 7.11 Å². The van der Waals surface area contributed by atoms with Crippen LogP contribution in [0.2, 0.25) is 0 Å². The maximum absolute atomic E-state index is 11.3. The first kappa shape index (κ1) is 11.3. The van der Waals surface area contributed by atoms with Crippen molar-refractivity contribution in [2.24, 2.45) is 0 Å². The molecule has 0 amide bonds. The van der Waals surface area contributed by atoms with Gasteiger partial charge in [0, 0.05) is 12.1 Å². The molecule has 0 aliphatic rings. The smallest absolute Gasteiger partial charge is 0.356 e. The van der Waals surface area contributed by atoms with Gasteiger partial charge in [-0.2, -0.15) is 0 Å². The van der Waals surface area contributed by atoms with Crippen molar-refractivity contribution in [1.82, 2.24) is 4.98 Å². The second-order valence-corrected chi connectivity index (χ2v) is 3.67. The van der Waals surface area contributed by atoms with Gasteiger partial charge in [-0.05, 0) is 17.7 Å². The van der Waals surface area contributed by atoms with Crippen LogP contribution in [-0.2, 0) is 11.2 Å². The largest absolute Gasteiger partial charge is 0.464 e. The number of carbonyl (C=O) groups excluding carboxylic acids is 1. The summed E-state index contributed by atoms with van der Waals surface area (Å²) in [5, 5.41) is 0. The number of carbonyl (C=O) groups is 1. The summed E-state index contributed by atoms with van der Waals surface area (Å²) in [6.45, 7) is 0. The van der Waals surface area contributed by atoms with Gasteiger partial charge >= 0.3 is 5.97 Å². The minimum atomic E-state index is -0.403. The minimum Gasteiger partial charge on any atom is -0.464 e. The number of rotatable bonds is 3. The summed E-state index contributed by atoms with van der Waals surface area (Å²) in [4.78, 5) is 15.6. The normalized spacial score (nSPS) is 9.94. The molecule has 86 valence electrons. The highest BCUT2D eigenvalue weighted by atomic mass is 16.5. The van der Waals surface area contributed by atoms with Gasteiger partial charge in [-0.3, -0.25) is 0 Å². The summed E-state index contributed by atoms with van der Waals surface area (Å²) in [6, 6.07) is 15.4. The first-order valence-corrected chi connectivity index (χ1v) is 5.38. The third-order valence-electron chi connectivity index (χ3n) is 2.43. The SMILES string of the molecule is COC(=O)c1cccc(Cc2ccccc2)n1. The molecule has 0 aliphatic heterocycles. The van der Waals surface area contributed by atoms with Gasteiger partial charge in [-0.25, -0.2) is 9.78 Å². The van der Waals surface area contributed by atoms with Crippen LogP contribution in [0.15, 0.2) is 48.5 Å². The number of hydrogen-bond donors (Lipinski definition) is 0. The molecule has 2 aromatic rings. The molecule has 3 heteroatoms. The van der Waals surface area contributed by atoms with E-state index < -0.39 is 5.97 Å². The number of nitrogens with zero attached hydrogens (tertiary/aromatic N) is 1. The topological polar surface area (TPSA) is 39.2 Å². The number of ether oxygens (including phenoxy) is 1. The van der Waals surface area contributed by atoms with Crippen molar-refractivity contribution in [3.05, 3.63) is 65.5 Å². The van der Waals surface area contributed by atoms with E-state index in [1.54, 1.807) is 6.07 Å². The highest BCUT2D eigenvalue weighted by Gasteiger charge is 2.07. The maximum atomic E-state index is 11.3. The predicted octanol–water partition coefficient (Wildman–Crippen LogP) is 2.46. The average molecular weight is 227 g/mol. The zero-order valence-electron chi connectivity index (χ0n) is 9.59. The standard InChI is InChI=1S/C14H13NO2/c1-17-14(16)13-9-5-8-12(15-13)10-11-6-3-2-4-7-11/h2-9H,10H2,1H3. The quantitative estimate of drug-likeness (QED) is 0.756. The van der Waals surface area contributed by atoms with Crippen molar-refractivity contribution < 1.29 is 9.53 Å². The van der Waals surface area contributed by atoms with Crippen LogP contribution < -0.4 is 0 Å². The third kappa shape index (κ3) is 2.91. The Balaban J connectivity index is 2.20. The van der Waals surface area contributed by atoms with Crippen molar-refractivity contribution in [1.29, 1.82) is 0 Å². The van der Waals surface area contributed by atoms with E-state index in [2.05, 4.69) is 9.72 Å². The van der Waals surface area contributed by atoms with E-state index in [9.17, 15) is 4.79 Å². The van der Waals surface area contributed by atoms with Crippen molar-refractivity contribution in [3.8, 4) is 0 Å². The lowest BCUT2D eigenvalue weighted by Gasteiger charge is -2.03. The highest BCUT2D eigenvalue weighted by Crippen LogP contribution is 2.08. The van der Waals surface area contributed by atoms with E-state index in [1.807, 2.05) is 42.5 Å². The van der Waals surface area contributed by atoms with Crippen molar-refractivity contribution in [3.63, 3.8) is 0 Å². The number of esters is 1. The Morgan fingerprint density at radius 1 is 1.12 bits per heavy atom. The molecule has 0 saturated carbocycles. The number of aromatic nitrogens is 1. The Labute approximate surface area is 100 Å². The molecule has 17 heavy (non-hydrogen) atoms. The first-order chi connectivity index (χ1) is 8.29. The number of hydrogen-bond acceptors (Lipinski definition) is 3. The monoisotopic (exact) mass is 227 g/mol. The molecule has 3 nitrogen and oxygen atoms in total. The summed E-state index contributed by atoms with van der Waals surface area (Å²) < 4.78 is 4.64. The molecule has 0 fully saturated rings. The molecular formula is C14H13NO2. The van der Waals surface area contributed by atoms with Crippen LogP contribution in [0, 0.1) is 0 Å². The predicted molar refractivity (Wildman–Crippen MR) is 64.8 cm³/mol. The summed E-state index contributed by atoms with van der Waals surface area (Å²) in [5.41, 5.74) is 2.38. The van der Waals surface area contributed by atoms with E-state index in [-0.39, 0.29) is 0 Å². The van der Waals surface area contributed by atoms with Crippen molar-refractivity contribution in [2.45, 2.75) is 6.42 Å². The summed E-state index contributed by atoms with van der Waals surface area (Å²) in [6.07, 6.45) is 0.714. The maximum Gasteiger partial charge on any atom is 0.356 e. The third-order valence-corrected chi connectivity index (χ3v) is 2.43. The summed E-state index contributed by atoms with van der Waals surface area (Å²) in [7, 11) is 1.36. The molecule has 1 aromatic heterocycles. The van der Waals surface area contributed by atoms with Crippen LogP contribution in [0.4, 0.5) is 0 Å². The molecule has 0 bridgehead atoms. The van der Waals surface area contributed by atoms with Gasteiger partial charge in [-0.15, -0.1) is 0 Å². The first-order valence-electron chi connectivity index (χ1n) is 5.38. The van der Waals surface area contributed by atoms with Crippen LogP contribution in [-0.4, -0.2) is 18.1 Å². The van der Waals surface area contributed by atoms with E-state index >= 15 is 0 Å². The van der Waals surface area contributed by atoms with Crippen LogP contribution in [0.5, 0.6) is 0 Å². The Morgan fingerprint density at radius 3 is 2.59 bits per heavy atom. The average Bonchev–Trinajstić information content (AvgIpc) is 2.39. The molecule has 1 heterocycles. The highest BCUT2D eigenvalue weighted by molar-refractivity contribution is 5.87. The second kappa shape index (κ2) is 5.25. The van der Waals surface area contributed by atoms with Gasteiger partial charge in [-0.1, -0.05) is 36.4 Å². The molecule has 0 spiro atoms. The van der Waals surface area contributed by atoms with E-state index in [0.29, 0.717) is 12.1 Å². The van der Waals surface area contributed by atoms with E-state index in [0.717, 1.165) is 5.69 Å². The number of benzene rings is 1. The fourth-order valence-electron chi connectivity index (χ4n) is 1.60. The van der Waals surface area contributed by atoms with Gasteiger partial charge in [0.05, 0.1) is 7.11 Å². The zero-order valence-corrected chi connectivity index (χ0v) is 9.59. The second-order valence-electron chi connectivity index (χ2n) is 3.67. The summed E-state index contributed by atoms with van der Waals surface area (Å²) in [5.74, 6) is -0.403. The molecule has 0 aliphatic carbocycles. The Morgan fingerprint density at radius 2 is 1.88 bits per heavy atom. The zero-order chi connectivity index (χ0) is 12.1. The molecule has 0 unspecified atom stereocenters. The van der Waals surface area contributed by atoms with Gasteiger partial charge in [0.2, 0.25) is 0 Å². The van der Waals surface area contributed by atoms with Crippen molar-refractivity contribution >= 4 is 5.97 Å². The molecule has 2 rings (SSSR count). The lowest BCUT2D eigenvalue weighted by molar-refractivity contribution is 0.0593. The lowest BCUT2D eigenvalue weighted by Crippen LogP contribution is -2.05. The van der Waals surface area contributed by atoms with Gasteiger partial charge in [0.1, 0.15) is 5.69 Å². The minimum absolute atomic E-state index is 0.348. The number of pyridine rings is 1.